The number of nitrogens with zero attached hydrogens (tertiary/aromatic N) is 6. The molecule has 9 nitrogen and oxygen atoms in total. The van der Waals surface area contributed by atoms with Gasteiger partial charge in [0.15, 0.2) is 11.2 Å². The summed E-state index contributed by atoms with van der Waals surface area (Å²) in [5.41, 5.74) is 0.993. The molecule has 0 aliphatic carbocycles. The van der Waals surface area contributed by atoms with Gasteiger partial charge in [-0.3, -0.25) is 23.3 Å². The molecule has 0 bridgehead atoms. The average Bonchev–Trinajstić information content (AvgIpc) is 3.11. The highest BCUT2D eigenvalue weighted by atomic mass is 79.9. The number of aryl methyl sites for hydroxylation is 1. The molecule has 1 amide bonds. The number of hydrogen-bond donors (Lipinski definition) is 0. The molecule has 30 heavy (non-hydrogen) atoms. The topological polar surface area (TPSA) is 85.4 Å². The Bertz CT molecular complexity index is 1230. The third-order valence-corrected chi connectivity index (χ3v) is 6.12. The predicted molar refractivity (Wildman–Crippen MR) is 118 cm³/mol. The van der Waals surface area contributed by atoms with E-state index in [2.05, 4.69) is 20.8 Å². The second-order valence-electron chi connectivity index (χ2n) is 7.50. The molecule has 1 aromatic carbocycles. The van der Waals surface area contributed by atoms with E-state index in [0.29, 0.717) is 49.8 Å². The molecule has 0 spiro atoms. The largest absolute Gasteiger partial charge is 0.339 e. The van der Waals surface area contributed by atoms with Crippen LogP contribution in [0.1, 0.15) is 12.5 Å². The van der Waals surface area contributed by atoms with Gasteiger partial charge < -0.3 is 9.80 Å². The number of rotatable bonds is 3. The van der Waals surface area contributed by atoms with Crippen LogP contribution in [0.2, 0.25) is 0 Å². The normalized spacial score (nSPS) is 14.5. The van der Waals surface area contributed by atoms with E-state index in [9.17, 15) is 14.4 Å². The second-order valence-corrected chi connectivity index (χ2v) is 8.41. The first kappa shape index (κ1) is 20.4. The van der Waals surface area contributed by atoms with Crippen LogP contribution in [0.4, 0.5) is 5.95 Å². The first-order valence-corrected chi connectivity index (χ1v) is 10.5. The van der Waals surface area contributed by atoms with E-state index in [1.807, 2.05) is 28.8 Å². The highest BCUT2D eigenvalue weighted by Crippen LogP contribution is 2.23. The van der Waals surface area contributed by atoms with Gasteiger partial charge in [-0.25, -0.2) is 4.79 Å². The maximum Gasteiger partial charge on any atom is 0.332 e. The molecule has 0 radical (unpaired) electrons. The number of carbonyl (C=O) groups excluding carboxylic acids is 1. The molecule has 3 aromatic rings. The van der Waals surface area contributed by atoms with E-state index in [1.54, 1.807) is 18.9 Å². The number of anilines is 1. The van der Waals surface area contributed by atoms with Crippen molar-refractivity contribution in [3.63, 3.8) is 0 Å². The first-order valence-electron chi connectivity index (χ1n) is 9.69. The van der Waals surface area contributed by atoms with Gasteiger partial charge in [0.05, 0.1) is 6.54 Å². The van der Waals surface area contributed by atoms with Crippen molar-refractivity contribution in [3.05, 3.63) is 55.1 Å². The number of hydrogen-bond acceptors (Lipinski definition) is 5. The summed E-state index contributed by atoms with van der Waals surface area (Å²) in [5.74, 6) is 0.684. The smallest absolute Gasteiger partial charge is 0.332 e. The van der Waals surface area contributed by atoms with E-state index in [4.69, 9.17) is 4.98 Å². The van der Waals surface area contributed by atoms with Gasteiger partial charge in [-0.05, 0) is 17.7 Å². The van der Waals surface area contributed by atoms with E-state index in [0.717, 1.165) is 14.6 Å². The van der Waals surface area contributed by atoms with Gasteiger partial charge in [-0.15, -0.1) is 0 Å². The molecule has 3 heterocycles. The molecule has 0 N–H and O–H groups in total. The van der Waals surface area contributed by atoms with Crippen molar-refractivity contribution in [3.8, 4) is 0 Å². The fraction of sp³-hybridized carbons (Fsp3) is 0.400. The zero-order valence-electron chi connectivity index (χ0n) is 17.1. The number of benzene rings is 1. The SMILES string of the molecule is CC(=O)N1CCN(c2nc3c(c(=O)n(C)c(=O)n3C)n2Cc2ccc(Br)cc2)CC1. The minimum atomic E-state index is -0.409. The fourth-order valence-electron chi connectivity index (χ4n) is 3.82. The van der Waals surface area contributed by atoms with E-state index in [-0.39, 0.29) is 11.5 Å². The molecule has 0 atom stereocenters. The Morgan fingerprint density at radius 3 is 2.27 bits per heavy atom. The van der Waals surface area contributed by atoms with Crippen LogP contribution in [-0.4, -0.2) is 55.7 Å². The molecule has 1 aliphatic heterocycles. The molecule has 2 aromatic heterocycles. The molecular formula is C20H23BrN6O3. The summed E-state index contributed by atoms with van der Waals surface area (Å²) in [7, 11) is 3.10. The predicted octanol–water partition coefficient (Wildman–Crippen LogP) is 0.913. The van der Waals surface area contributed by atoms with Crippen molar-refractivity contribution in [2.45, 2.75) is 13.5 Å². The summed E-state index contributed by atoms with van der Waals surface area (Å²) in [4.78, 5) is 45.7. The lowest BCUT2D eigenvalue weighted by Crippen LogP contribution is -2.48. The van der Waals surface area contributed by atoms with Crippen LogP contribution in [0, 0.1) is 0 Å². The number of amides is 1. The van der Waals surface area contributed by atoms with Gasteiger partial charge >= 0.3 is 5.69 Å². The lowest BCUT2D eigenvalue weighted by atomic mass is 10.2. The number of aromatic nitrogens is 4. The summed E-state index contributed by atoms with van der Waals surface area (Å²) in [6, 6.07) is 7.88. The minimum Gasteiger partial charge on any atom is -0.339 e. The van der Waals surface area contributed by atoms with Crippen molar-refractivity contribution in [2.75, 3.05) is 31.1 Å². The van der Waals surface area contributed by atoms with Gasteiger partial charge in [0.2, 0.25) is 11.9 Å². The van der Waals surface area contributed by atoms with Crippen molar-refractivity contribution in [2.24, 2.45) is 14.1 Å². The molecule has 0 unspecified atom stereocenters. The summed E-state index contributed by atoms with van der Waals surface area (Å²) in [6.45, 7) is 4.41. The number of imidazole rings is 1. The lowest BCUT2D eigenvalue weighted by Gasteiger charge is -2.35. The zero-order chi connectivity index (χ0) is 21.6. The van der Waals surface area contributed by atoms with Gasteiger partial charge in [-0.1, -0.05) is 28.1 Å². The average molecular weight is 475 g/mol. The Hall–Kier alpha value is -2.88. The molecular weight excluding hydrogens is 452 g/mol. The Morgan fingerprint density at radius 2 is 1.67 bits per heavy atom. The van der Waals surface area contributed by atoms with Crippen molar-refractivity contribution in [1.29, 1.82) is 0 Å². The van der Waals surface area contributed by atoms with Crippen LogP contribution in [0.15, 0.2) is 38.3 Å². The van der Waals surface area contributed by atoms with Crippen molar-refractivity contribution >= 4 is 38.9 Å². The van der Waals surface area contributed by atoms with Gasteiger partial charge in [-0.2, -0.15) is 4.98 Å². The quantitative estimate of drug-likeness (QED) is 0.563. The Morgan fingerprint density at radius 1 is 1.03 bits per heavy atom. The summed E-state index contributed by atoms with van der Waals surface area (Å²) >= 11 is 3.45. The van der Waals surface area contributed by atoms with Gasteiger partial charge in [0, 0.05) is 51.7 Å². The van der Waals surface area contributed by atoms with Crippen LogP contribution < -0.4 is 16.1 Å². The monoisotopic (exact) mass is 474 g/mol. The van der Waals surface area contributed by atoms with Crippen LogP contribution >= 0.6 is 15.9 Å². The maximum absolute atomic E-state index is 13.0. The van der Waals surface area contributed by atoms with Crippen molar-refractivity contribution < 1.29 is 4.79 Å². The third kappa shape index (κ3) is 3.45. The summed E-state index contributed by atoms with van der Waals surface area (Å²) < 4.78 is 5.37. The zero-order valence-corrected chi connectivity index (χ0v) is 18.7. The Kier molecular flexibility index (Phi) is 5.27. The third-order valence-electron chi connectivity index (χ3n) is 5.59. The molecule has 1 aliphatic rings. The summed E-state index contributed by atoms with van der Waals surface area (Å²) in [5, 5.41) is 0. The van der Waals surface area contributed by atoms with Crippen LogP contribution in [-0.2, 0) is 25.4 Å². The molecule has 158 valence electrons. The van der Waals surface area contributed by atoms with Crippen LogP contribution in [0.25, 0.3) is 11.2 Å². The molecule has 1 saturated heterocycles. The molecule has 1 fully saturated rings. The molecule has 4 rings (SSSR count). The van der Waals surface area contributed by atoms with Gasteiger partial charge in [0.1, 0.15) is 0 Å². The minimum absolute atomic E-state index is 0.0503. The van der Waals surface area contributed by atoms with E-state index < -0.39 is 5.69 Å². The van der Waals surface area contributed by atoms with Crippen LogP contribution in [0.3, 0.4) is 0 Å². The van der Waals surface area contributed by atoms with Crippen molar-refractivity contribution in [1.82, 2.24) is 23.6 Å². The van der Waals surface area contributed by atoms with E-state index in [1.165, 1.54) is 11.6 Å². The number of halogens is 1. The number of fused-ring (bicyclic) bond motifs is 1. The maximum atomic E-state index is 13.0. The second kappa shape index (κ2) is 7.75. The molecule has 0 saturated carbocycles. The van der Waals surface area contributed by atoms with Crippen LogP contribution in [0.5, 0.6) is 0 Å². The first-order chi connectivity index (χ1) is 14.3. The molecule has 10 heteroatoms. The Balaban J connectivity index is 1.86. The summed E-state index contributed by atoms with van der Waals surface area (Å²) in [6.07, 6.45) is 0. The highest BCUT2D eigenvalue weighted by Gasteiger charge is 2.26. The number of carbonyl (C=O) groups is 1. The van der Waals surface area contributed by atoms with Gasteiger partial charge in [0.25, 0.3) is 5.56 Å². The highest BCUT2D eigenvalue weighted by molar-refractivity contribution is 9.10. The Labute approximate surface area is 181 Å². The van der Waals surface area contributed by atoms with E-state index >= 15 is 0 Å². The number of piperazine rings is 1. The standard InChI is InChI=1S/C20H23BrN6O3/c1-13(28)25-8-10-26(11-9-25)19-22-17-16(18(29)24(3)20(30)23(17)2)27(19)12-14-4-6-15(21)7-5-14/h4-7H,8-12H2,1-3H3. The fourth-order valence-corrected chi connectivity index (χ4v) is 4.08. The lowest BCUT2D eigenvalue weighted by molar-refractivity contribution is -0.129.